The Balaban J connectivity index is 2.04. The third-order valence-corrected chi connectivity index (χ3v) is 3.26. The van der Waals surface area contributed by atoms with Crippen molar-refractivity contribution in [3.63, 3.8) is 0 Å². The smallest absolute Gasteiger partial charge is 0.423 e. The molecule has 0 radical (unpaired) electrons. The van der Waals surface area contributed by atoms with Crippen LogP contribution in [-0.4, -0.2) is 29.6 Å². The lowest BCUT2D eigenvalue weighted by atomic mass is 10.2. The molecule has 0 saturated carbocycles. The molecule has 0 aromatic heterocycles. The molecule has 0 atom stereocenters. The molecule has 0 saturated heterocycles. The second kappa shape index (κ2) is 9.19. The third-order valence-electron chi connectivity index (χ3n) is 3.26. The summed E-state index contributed by atoms with van der Waals surface area (Å²) >= 11 is 0. The third kappa shape index (κ3) is 5.71. The van der Waals surface area contributed by atoms with E-state index in [1.807, 2.05) is 0 Å². The first-order valence-corrected chi connectivity index (χ1v) is 8.15. The van der Waals surface area contributed by atoms with Crippen LogP contribution in [0.2, 0.25) is 0 Å². The van der Waals surface area contributed by atoms with E-state index in [0.29, 0.717) is 5.56 Å². The maximum Gasteiger partial charge on any atom is 0.448 e. The first-order valence-electron chi connectivity index (χ1n) is 8.15. The molecule has 1 amide bonds. The van der Waals surface area contributed by atoms with Gasteiger partial charge in [-0.15, -0.1) is 5.06 Å². The molecule has 0 aliphatic rings. The molecule has 0 unspecified atom stereocenters. The summed E-state index contributed by atoms with van der Waals surface area (Å²) in [4.78, 5) is 40.7. The average Bonchev–Trinajstić information content (AvgIpc) is 2.66. The molecule has 0 fully saturated rings. The van der Waals surface area contributed by atoms with Gasteiger partial charge in [-0.2, -0.15) is 0 Å². The van der Waals surface area contributed by atoms with Crippen molar-refractivity contribution < 1.29 is 28.7 Å². The highest BCUT2D eigenvalue weighted by Crippen LogP contribution is 2.21. The van der Waals surface area contributed by atoms with Crippen LogP contribution < -0.4 is 9.47 Å². The zero-order chi connectivity index (χ0) is 19.8. The minimum atomic E-state index is -0.890. The van der Waals surface area contributed by atoms with Crippen LogP contribution in [0.25, 0.3) is 0 Å². The van der Waals surface area contributed by atoms with Gasteiger partial charge in [0.2, 0.25) is 0 Å². The van der Waals surface area contributed by atoms with Gasteiger partial charge in [-0.05, 0) is 38.1 Å². The van der Waals surface area contributed by atoms with Crippen LogP contribution in [0.1, 0.15) is 24.2 Å². The molecule has 2 aromatic rings. The van der Waals surface area contributed by atoms with Crippen molar-refractivity contribution >= 4 is 18.0 Å². The fourth-order valence-electron chi connectivity index (χ4n) is 1.90. The van der Waals surface area contributed by atoms with E-state index >= 15 is 0 Å². The molecule has 0 bridgehead atoms. The quantitative estimate of drug-likeness (QED) is 0.345. The molecule has 2 aromatic carbocycles. The van der Waals surface area contributed by atoms with Crippen LogP contribution in [0.5, 0.6) is 11.5 Å². The van der Waals surface area contributed by atoms with E-state index in [-0.39, 0.29) is 23.6 Å². The van der Waals surface area contributed by atoms with Gasteiger partial charge in [-0.25, -0.2) is 14.4 Å². The highest BCUT2D eigenvalue weighted by Gasteiger charge is 2.20. The number of carbonyl (C=O) groups excluding carboxylic acids is 3. The van der Waals surface area contributed by atoms with Crippen LogP contribution in [0.4, 0.5) is 4.79 Å². The van der Waals surface area contributed by atoms with E-state index < -0.39 is 18.0 Å². The van der Waals surface area contributed by atoms with E-state index in [1.54, 1.807) is 49.4 Å². The first-order chi connectivity index (χ1) is 12.9. The molecule has 0 spiro atoms. The number of ether oxygens (including phenoxy) is 2. The van der Waals surface area contributed by atoms with Gasteiger partial charge in [-0.1, -0.05) is 30.8 Å². The number of hydrogen-bond acceptors (Lipinski definition) is 6. The molecule has 0 aliphatic carbocycles. The number of rotatable bonds is 5. The lowest BCUT2D eigenvalue weighted by Crippen LogP contribution is -2.35. The van der Waals surface area contributed by atoms with Gasteiger partial charge in [-0.3, -0.25) is 0 Å². The lowest BCUT2D eigenvalue weighted by Gasteiger charge is -2.18. The molecule has 7 heteroatoms. The fraction of sp³-hybridized carbons (Fsp3) is 0.150. The Labute approximate surface area is 156 Å². The van der Waals surface area contributed by atoms with Crippen molar-refractivity contribution in [1.82, 2.24) is 5.06 Å². The molecule has 7 nitrogen and oxygen atoms in total. The van der Waals surface area contributed by atoms with E-state index in [1.165, 1.54) is 19.1 Å². The van der Waals surface area contributed by atoms with E-state index in [9.17, 15) is 14.4 Å². The van der Waals surface area contributed by atoms with Crippen molar-refractivity contribution in [3.05, 3.63) is 72.3 Å². The summed E-state index contributed by atoms with van der Waals surface area (Å²) in [5.74, 6) is -0.941. The molecule has 2 rings (SSSR count). The minimum absolute atomic E-state index is 0.0839. The highest BCUT2D eigenvalue weighted by molar-refractivity contribution is 5.91. The summed E-state index contributed by atoms with van der Waals surface area (Å²) in [6.07, 6.45) is -0.890. The fourth-order valence-corrected chi connectivity index (χ4v) is 1.90. The molecule has 0 heterocycles. The molecule has 140 valence electrons. The summed E-state index contributed by atoms with van der Waals surface area (Å²) in [5, 5.41) is 0.764. The summed E-state index contributed by atoms with van der Waals surface area (Å²) in [6.45, 7) is 6.61. The van der Waals surface area contributed by atoms with Gasteiger partial charge in [0.1, 0.15) is 11.5 Å². The van der Waals surface area contributed by atoms with Crippen molar-refractivity contribution in [2.75, 3.05) is 6.54 Å². The number of esters is 1. The number of benzene rings is 2. The Hall–Kier alpha value is -3.61. The van der Waals surface area contributed by atoms with Crippen LogP contribution >= 0.6 is 0 Å². The monoisotopic (exact) mass is 369 g/mol. The Bertz CT molecular complexity index is 847. The summed E-state index contributed by atoms with van der Waals surface area (Å²) in [6, 6.07) is 14.5. The Morgan fingerprint density at radius 2 is 1.59 bits per heavy atom. The second-order valence-electron chi connectivity index (χ2n) is 5.45. The summed E-state index contributed by atoms with van der Waals surface area (Å²) in [7, 11) is 0. The van der Waals surface area contributed by atoms with Crippen molar-refractivity contribution in [2.45, 2.75) is 13.8 Å². The predicted molar refractivity (Wildman–Crippen MR) is 97.2 cm³/mol. The SMILES string of the molecule is C=C(C)C(=O)ON(CC)C(=O)Oc1cccc(OC(=O)c2ccccc2)c1. The normalized spacial score (nSPS) is 9.85. The van der Waals surface area contributed by atoms with E-state index in [4.69, 9.17) is 14.3 Å². The molecular formula is C20H19NO6. The van der Waals surface area contributed by atoms with Gasteiger partial charge in [0.05, 0.1) is 12.1 Å². The van der Waals surface area contributed by atoms with Gasteiger partial charge in [0.15, 0.2) is 0 Å². The summed E-state index contributed by atoms with van der Waals surface area (Å²) in [5.41, 5.74) is 0.542. The topological polar surface area (TPSA) is 82.1 Å². The zero-order valence-corrected chi connectivity index (χ0v) is 15.0. The number of hydrogen-bond donors (Lipinski definition) is 0. The largest absolute Gasteiger partial charge is 0.448 e. The number of amides is 1. The van der Waals surface area contributed by atoms with Gasteiger partial charge in [0.25, 0.3) is 0 Å². The number of carbonyl (C=O) groups is 3. The van der Waals surface area contributed by atoms with Crippen LogP contribution in [0, 0.1) is 0 Å². The van der Waals surface area contributed by atoms with Gasteiger partial charge >= 0.3 is 18.0 Å². The Morgan fingerprint density at radius 1 is 0.963 bits per heavy atom. The second-order valence-corrected chi connectivity index (χ2v) is 5.45. The van der Waals surface area contributed by atoms with Crippen molar-refractivity contribution in [2.24, 2.45) is 0 Å². The summed E-state index contributed by atoms with van der Waals surface area (Å²) < 4.78 is 10.4. The van der Waals surface area contributed by atoms with Crippen LogP contribution in [-0.2, 0) is 9.63 Å². The first kappa shape index (κ1) is 19.7. The van der Waals surface area contributed by atoms with Crippen LogP contribution in [0.3, 0.4) is 0 Å². The van der Waals surface area contributed by atoms with Gasteiger partial charge in [0, 0.05) is 11.6 Å². The van der Waals surface area contributed by atoms with Crippen LogP contribution in [0.15, 0.2) is 66.7 Å². The highest BCUT2D eigenvalue weighted by atomic mass is 16.8. The van der Waals surface area contributed by atoms with Crippen molar-refractivity contribution in [3.8, 4) is 11.5 Å². The zero-order valence-electron chi connectivity index (χ0n) is 15.0. The van der Waals surface area contributed by atoms with Gasteiger partial charge < -0.3 is 14.3 Å². The van der Waals surface area contributed by atoms with E-state index in [0.717, 1.165) is 5.06 Å². The Morgan fingerprint density at radius 3 is 2.19 bits per heavy atom. The van der Waals surface area contributed by atoms with E-state index in [2.05, 4.69) is 6.58 Å². The van der Waals surface area contributed by atoms with Crippen molar-refractivity contribution in [1.29, 1.82) is 0 Å². The number of hydroxylamine groups is 2. The Kier molecular flexibility index (Phi) is 6.71. The maximum absolute atomic E-state index is 12.1. The molecule has 0 N–H and O–H groups in total. The standard InChI is InChI=1S/C20H19NO6/c1-4-21(27-18(22)14(2)3)20(24)26-17-12-8-11-16(13-17)25-19(23)15-9-6-5-7-10-15/h5-13H,2,4H2,1,3H3. The predicted octanol–water partition coefficient (Wildman–Crippen LogP) is 3.76. The minimum Gasteiger partial charge on any atom is -0.423 e. The maximum atomic E-state index is 12.1. The molecule has 27 heavy (non-hydrogen) atoms. The lowest BCUT2D eigenvalue weighted by molar-refractivity contribution is -0.173. The molecule has 0 aliphatic heterocycles. The average molecular weight is 369 g/mol. The number of nitrogens with zero attached hydrogens (tertiary/aromatic N) is 1. The molecular weight excluding hydrogens is 350 g/mol.